The van der Waals surface area contributed by atoms with Crippen LogP contribution in [0.15, 0.2) is 34.8 Å². The fraction of sp³-hybridized carbons (Fsp3) is 0.278. The van der Waals surface area contributed by atoms with Crippen LogP contribution in [0.25, 0.3) is 21.6 Å². The molecule has 0 bridgehead atoms. The van der Waals surface area contributed by atoms with E-state index in [0.29, 0.717) is 17.6 Å². The Morgan fingerprint density at radius 3 is 2.96 bits per heavy atom. The number of aromatic nitrogens is 5. The third-order valence-corrected chi connectivity index (χ3v) is 6.17. The standard InChI is InChI=1S/C18H18N6O2S2/c1-11-22-14(9-27-11)15-4-3-12(28-15)7-19-16(25)5-6-24-10-20-17-13(18(24)26)8-21-23(17)2/h3-4,8-10H,5-7H2,1-2H3,(H,19,25). The predicted molar refractivity (Wildman–Crippen MR) is 109 cm³/mol. The van der Waals surface area contributed by atoms with Crippen LogP contribution in [-0.4, -0.2) is 30.2 Å². The van der Waals surface area contributed by atoms with Gasteiger partial charge in [0.1, 0.15) is 5.39 Å². The van der Waals surface area contributed by atoms with E-state index in [9.17, 15) is 9.59 Å². The lowest BCUT2D eigenvalue weighted by Crippen LogP contribution is -2.27. The molecule has 4 rings (SSSR count). The summed E-state index contributed by atoms with van der Waals surface area (Å²) in [7, 11) is 1.73. The average molecular weight is 415 g/mol. The molecule has 0 saturated carbocycles. The van der Waals surface area contributed by atoms with Crippen LogP contribution in [0, 0.1) is 6.92 Å². The molecule has 0 aliphatic carbocycles. The van der Waals surface area contributed by atoms with Gasteiger partial charge in [0.05, 0.1) is 34.6 Å². The fourth-order valence-corrected chi connectivity index (χ4v) is 4.40. The summed E-state index contributed by atoms with van der Waals surface area (Å²) in [6.07, 6.45) is 3.16. The Morgan fingerprint density at radius 1 is 1.32 bits per heavy atom. The second-order valence-electron chi connectivity index (χ2n) is 6.29. The summed E-state index contributed by atoms with van der Waals surface area (Å²) in [6.45, 7) is 2.72. The van der Waals surface area contributed by atoms with E-state index in [0.717, 1.165) is 20.5 Å². The first-order valence-electron chi connectivity index (χ1n) is 8.66. The van der Waals surface area contributed by atoms with Crippen LogP contribution in [0.1, 0.15) is 16.3 Å². The number of hydrogen-bond acceptors (Lipinski definition) is 7. The van der Waals surface area contributed by atoms with Crippen LogP contribution in [0.4, 0.5) is 0 Å². The molecule has 10 heteroatoms. The van der Waals surface area contributed by atoms with Crippen molar-refractivity contribution in [2.75, 3.05) is 0 Å². The third kappa shape index (κ3) is 3.73. The molecular weight excluding hydrogens is 396 g/mol. The van der Waals surface area contributed by atoms with Gasteiger partial charge in [0.2, 0.25) is 5.91 Å². The second-order valence-corrected chi connectivity index (χ2v) is 8.52. The van der Waals surface area contributed by atoms with Gasteiger partial charge in [0.15, 0.2) is 5.65 Å². The molecule has 1 amide bonds. The lowest BCUT2D eigenvalue weighted by atomic mass is 10.3. The minimum atomic E-state index is -0.188. The number of thiazole rings is 1. The Balaban J connectivity index is 1.33. The van der Waals surface area contributed by atoms with Crippen molar-refractivity contribution in [3.05, 3.63) is 50.3 Å². The van der Waals surface area contributed by atoms with E-state index in [4.69, 9.17) is 0 Å². The van der Waals surface area contributed by atoms with E-state index in [1.807, 2.05) is 24.4 Å². The van der Waals surface area contributed by atoms with E-state index in [2.05, 4.69) is 20.4 Å². The molecule has 28 heavy (non-hydrogen) atoms. The smallest absolute Gasteiger partial charge is 0.264 e. The monoisotopic (exact) mass is 414 g/mol. The number of rotatable bonds is 6. The number of carbonyl (C=O) groups is 1. The summed E-state index contributed by atoms with van der Waals surface area (Å²) in [4.78, 5) is 35.5. The molecule has 0 spiro atoms. The Hall–Kier alpha value is -2.85. The van der Waals surface area contributed by atoms with Crippen molar-refractivity contribution in [2.45, 2.75) is 26.4 Å². The zero-order chi connectivity index (χ0) is 19.7. The predicted octanol–water partition coefficient (Wildman–Crippen LogP) is 2.33. The van der Waals surface area contributed by atoms with E-state index in [1.54, 1.807) is 34.4 Å². The summed E-state index contributed by atoms with van der Waals surface area (Å²) in [6, 6.07) is 4.02. The quantitative estimate of drug-likeness (QED) is 0.523. The lowest BCUT2D eigenvalue weighted by molar-refractivity contribution is -0.121. The molecule has 0 unspecified atom stereocenters. The number of nitrogens with one attached hydrogen (secondary N) is 1. The third-order valence-electron chi connectivity index (χ3n) is 4.29. The van der Waals surface area contributed by atoms with Crippen LogP contribution < -0.4 is 10.9 Å². The summed E-state index contributed by atoms with van der Waals surface area (Å²) in [5.41, 5.74) is 1.32. The summed E-state index contributed by atoms with van der Waals surface area (Å²) < 4.78 is 2.99. The highest BCUT2D eigenvalue weighted by Gasteiger charge is 2.10. The van der Waals surface area contributed by atoms with Crippen LogP contribution in [-0.2, 0) is 24.9 Å². The second kappa shape index (κ2) is 7.64. The number of carbonyl (C=O) groups excluding carboxylic acids is 1. The summed E-state index contributed by atoms with van der Waals surface area (Å²) in [5, 5.41) is 10.5. The van der Waals surface area contributed by atoms with Crippen LogP contribution >= 0.6 is 22.7 Å². The molecule has 0 saturated heterocycles. The SMILES string of the molecule is Cc1nc(-c2ccc(CNC(=O)CCn3cnc4c(cnn4C)c3=O)s2)cs1. The van der Waals surface area contributed by atoms with Gasteiger partial charge < -0.3 is 5.32 Å². The maximum absolute atomic E-state index is 12.4. The van der Waals surface area contributed by atoms with Gasteiger partial charge in [-0.2, -0.15) is 5.10 Å². The fourth-order valence-electron chi connectivity index (χ4n) is 2.81. The molecule has 0 atom stereocenters. The molecule has 1 N–H and O–H groups in total. The first-order chi connectivity index (χ1) is 13.5. The largest absolute Gasteiger partial charge is 0.351 e. The number of nitrogens with zero attached hydrogens (tertiary/aromatic N) is 5. The highest BCUT2D eigenvalue weighted by Crippen LogP contribution is 2.28. The Kier molecular flexibility index (Phi) is 5.05. The number of hydrogen-bond donors (Lipinski definition) is 1. The minimum Gasteiger partial charge on any atom is -0.351 e. The molecule has 0 aromatic carbocycles. The normalized spacial score (nSPS) is 11.2. The molecule has 0 radical (unpaired) electrons. The van der Waals surface area contributed by atoms with Crippen molar-refractivity contribution < 1.29 is 4.79 Å². The van der Waals surface area contributed by atoms with Gasteiger partial charge in [0.25, 0.3) is 5.56 Å². The Labute approximate surface area is 168 Å². The van der Waals surface area contributed by atoms with Gasteiger partial charge in [-0.15, -0.1) is 22.7 Å². The average Bonchev–Trinajstić information content (AvgIpc) is 3.40. The Morgan fingerprint density at radius 2 is 2.18 bits per heavy atom. The topological polar surface area (TPSA) is 94.7 Å². The number of aryl methyl sites for hydroxylation is 3. The molecule has 0 fully saturated rings. The van der Waals surface area contributed by atoms with Crippen molar-refractivity contribution in [1.29, 1.82) is 0 Å². The zero-order valence-electron chi connectivity index (χ0n) is 15.4. The molecule has 4 aromatic heterocycles. The van der Waals surface area contributed by atoms with Gasteiger partial charge in [-0.3, -0.25) is 18.8 Å². The summed E-state index contributed by atoms with van der Waals surface area (Å²) in [5.74, 6) is -0.113. The molecule has 144 valence electrons. The first-order valence-corrected chi connectivity index (χ1v) is 10.4. The van der Waals surface area contributed by atoms with Crippen molar-refractivity contribution in [2.24, 2.45) is 7.05 Å². The number of thiophene rings is 1. The molecular formula is C18H18N6O2S2. The van der Waals surface area contributed by atoms with E-state index < -0.39 is 0 Å². The van der Waals surface area contributed by atoms with Gasteiger partial charge >= 0.3 is 0 Å². The van der Waals surface area contributed by atoms with Crippen LogP contribution in [0.3, 0.4) is 0 Å². The number of amides is 1. The number of fused-ring (bicyclic) bond motifs is 1. The maximum atomic E-state index is 12.4. The van der Waals surface area contributed by atoms with Crippen molar-refractivity contribution in [1.82, 2.24) is 29.6 Å². The summed E-state index contributed by atoms with van der Waals surface area (Å²) >= 11 is 3.24. The van der Waals surface area contributed by atoms with E-state index >= 15 is 0 Å². The van der Waals surface area contributed by atoms with E-state index in [-0.39, 0.29) is 24.4 Å². The van der Waals surface area contributed by atoms with E-state index in [1.165, 1.54) is 17.1 Å². The van der Waals surface area contributed by atoms with Gasteiger partial charge in [-0.25, -0.2) is 9.97 Å². The highest BCUT2D eigenvalue weighted by atomic mass is 32.1. The van der Waals surface area contributed by atoms with Gasteiger partial charge in [-0.05, 0) is 19.1 Å². The zero-order valence-corrected chi connectivity index (χ0v) is 17.0. The van der Waals surface area contributed by atoms with Crippen LogP contribution in [0.5, 0.6) is 0 Å². The lowest BCUT2D eigenvalue weighted by Gasteiger charge is -2.06. The van der Waals surface area contributed by atoms with Crippen molar-refractivity contribution in [3.8, 4) is 10.6 Å². The van der Waals surface area contributed by atoms with Crippen LogP contribution in [0.2, 0.25) is 0 Å². The van der Waals surface area contributed by atoms with Crippen molar-refractivity contribution >= 4 is 39.6 Å². The molecule has 0 aliphatic rings. The minimum absolute atomic E-state index is 0.113. The molecule has 4 heterocycles. The maximum Gasteiger partial charge on any atom is 0.264 e. The van der Waals surface area contributed by atoms with Gasteiger partial charge in [0, 0.05) is 30.3 Å². The highest BCUT2D eigenvalue weighted by molar-refractivity contribution is 7.16. The first kappa shape index (κ1) is 18.5. The Bertz CT molecular complexity index is 1200. The molecule has 0 aliphatic heterocycles. The van der Waals surface area contributed by atoms with Gasteiger partial charge in [-0.1, -0.05) is 0 Å². The molecule has 8 nitrogen and oxygen atoms in total. The van der Waals surface area contributed by atoms with Crippen molar-refractivity contribution in [3.63, 3.8) is 0 Å². The molecule has 4 aromatic rings.